The van der Waals surface area contributed by atoms with Gasteiger partial charge in [-0.2, -0.15) is 0 Å². The van der Waals surface area contributed by atoms with Crippen LogP contribution in [0.2, 0.25) is 0 Å². The van der Waals surface area contributed by atoms with Gasteiger partial charge in [0, 0.05) is 11.4 Å². The van der Waals surface area contributed by atoms with Crippen LogP contribution in [0.3, 0.4) is 0 Å². The molecule has 0 aliphatic heterocycles. The van der Waals surface area contributed by atoms with Crippen molar-refractivity contribution in [3.05, 3.63) is 60.2 Å². The molecule has 0 saturated carbocycles. The summed E-state index contributed by atoms with van der Waals surface area (Å²) >= 11 is 4.06. The Bertz CT molecular complexity index is 981. The third-order valence-electron chi connectivity index (χ3n) is 3.77. The largest absolute Gasteiger partial charge is 0.494 e. The minimum Gasteiger partial charge on any atom is -0.494 e. The predicted molar refractivity (Wildman–Crippen MR) is 128 cm³/mol. The maximum absolute atomic E-state index is 12.1. The molecule has 2 amide bonds. The fourth-order valence-electron chi connectivity index (χ4n) is 2.44. The van der Waals surface area contributed by atoms with Crippen molar-refractivity contribution >= 4 is 57.5 Å². The summed E-state index contributed by atoms with van der Waals surface area (Å²) in [5, 5.41) is 14.0. The van der Waals surface area contributed by atoms with E-state index in [0.29, 0.717) is 27.5 Å². The zero-order valence-electron chi connectivity index (χ0n) is 16.9. The average molecular weight is 475 g/mol. The molecule has 0 atom stereocenters. The number of thioether (sulfide) groups is 2. The van der Waals surface area contributed by atoms with E-state index >= 15 is 0 Å². The van der Waals surface area contributed by atoms with E-state index in [1.54, 1.807) is 12.1 Å². The van der Waals surface area contributed by atoms with Crippen LogP contribution in [-0.4, -0.2) is 40.1 Å². The van der Waals surface area contributed by atoms with Gasteiger partial charge in [-0.15, -0.1) is 22.0 Å². The first-order valence-electron chi connectivity index (χ1n) is 9.53. The molecule has 2 aromatic carbocycles. The van der Waals surface area contributed by atoms with Crippen LogP contribution in [-0.2, 0) is 15.3 Å². The highest BCUT2D eigenvalue weighted by molar-refractivity contribution is 8.01. The van der Waals surface area contributed by atoms with Gasteiger partial charge < -0.3 is 10.1 Å². The van der Waals surface area contributed by atoms with Crippen LogP contribution in [0.4, 0.5) is 10.8 Å². The number of benzene rings is 2. The van der Waals surface area contributed by atoms with Gasteiger partial charge in [0.1, 0.15) is 5.75 Å². The molecule has 0 spiro atoms. The molecule has 0 saturated heterocycles. The quantitative estimate of drug-likeness (QED) is 0.311. The van der Waals surface area contributed by atoms with Crippen molar-refractivity contribution in [2.24, 2.45) is 0 Å². The number of hydrogen-bond acceptors (Lipinski definition) is 8. The van der Waals surface area contributed by atoms with Gasteiger partial charge in [0.25, 0.3) is 0 Å². The highest BCUT2D eigenvalue weighted by atomic mass is 32.2. The Morgan fingerprint density at radius 1 is 0.968 bits per heavy atom. The van der Waals surface area contributed by atoms with Crippen molar-refractivity contribution in [2.45, 2.75) is 17.0 Å². The second kappa shape index (κ2) is 12.3. The number of nitrogens with one attached hydrogen (secondary N) is 2. The number of nitrogens with zero attached hydrogens (tertiary/aromatic N) is 2. The summed E-state index contributed by atoms with van der Waals surface area (Å²) in [6.07, 6.45) is 0. The third kappa shape index (κ3) is 8.23. The molecule has 1 aromatic heterocycles. The lowest BCUT2D eigenvalue weighted by Gasteiger charge is -2.06. The minimum atomic E-state index is -0.146. The number of aromatic nitrogens is 2. The van der Waals surface area contributed by atoms with Gasteiger partial charge >= 0.3 is 0 Å². The lowest BCUT2D eigenvalue weighted by Crippen LogP contribution is -2.14. The van der Waals surface area contributed by atoms with Crippen LogP contribution < -0.4 is 15.4 Å². The average Bonchev–Trinajstić information content (AvgIpc) is 3.22. The summed E-state index contributed by atoms with van der Waals surface area (Å²) in [6.45, 7) is 2.52. The number of hydrogen-bond donors (Lipinski definition) is 2. The van der Waals surface area contributed by atoms with Crippen molar-refractivity contribution in [3.63, 3.8) is 0 Å². The summed E-state index contributed by atoms with van der Waals surface area (Å²) < 4.78 is 6.00. The van der Waals surface area contributed by atoms with Crippen LogP contribution in [0.1, 0.15) is 12.5 Å². The monoisotopic (exact) mass is 474 g/mol. The van der Waals surface area contributed by atoms with E-state index in [1.807, 2.05) is 49.4 Å². The predicted octanol–water partition coefficient (Wildman–Crippen LogP) is 4.54. The van der Waals surface area contributed by atoms with Gasteiger partial charge in [0.05, 0.1) is 18.1 Å². The maximum atomic E-state index is 12.1. The van der Waals surface area contributed by atoms with Gasteiger partial charge in [-0.3, -0.25) is 14.9 Å². The fourth-order valence-corrected chi connectivity index (χ4v) is 4.79. The summed E-state index contributed by atoms with van der Waals surface area (Å²) in [6, 6.07) is 17.2. The van der Waals surface area contributed by atoms with Gasteiger partial charge in [-0.05, 0) is 36.8 Å². The molecule has 0 aliphatic carbocycles. The molecule has 0 unspecified atom stereocenters. The summed E-state index contributed by atoms with van der Waals surface area (Å²) in [7, 11) is 0. The summed E-state index contributed by atoms with van der Waals surface area (Å²) in [5.74, 6) is 1.80. The minimum absolute atomic E-state index is 0.123. The standard InChI is InChI=1S/C21H22N4O3S3/c1-2-28-17-10-8-16(9-11-17)22-19(27)14-30-21-25-24-20(31-21)23-18(26)13-29-12-15-6-4-3-5-7-15/h3-11H,2,12-14H2,1H3,(H,22,27)(H,23,24,26). The van der Waals surface area contributed by atoms with E-state index < -0.39 is 0 Å². The second-order valence-electron chi connectivity index (χ2n) is 6.19. The lowest BCUT2D eigenvalue weighted by molar-refractivity contribution is -0.114. The van der Waals surface area contributed by atoms with Crippen molar-refractivity contribution in [1.82, 2.24) is 10.2 Å². The van der Waals surface area contributed by atoms with Gasteiger partial charge in [-0.25, -0.2) is 0 Å². The second-order valence-corrected chi connectivity index (χ2v) is 9.38. The molecule has 3 rings (SSSR count). The third-order valence-corrected chi connectivity index (χ3v) is 6.75. The van der Waals surface area contributed by atoms with Crippen molar-refractivity contribution in [2.75, 3.05) is 28.7 Å². The number of amides is 2. The Morgan fingerprint density at radius 3 is 2.45 bits per heavy atom. The van der Waals surface area contributed by atoms with Crippen LogP contribution in [0, 0.1) is 0 Å². The van der Waals surface area contributed by atoms with E-state index in [0.717, 1.165) is 11.5 Å². The molecule has 3 aromatic rings. The van der Waals surface area contributed by atoms with E-state index in [9.17, 15) is 9.59 Å². The molecule has 2 N–H and O–H groups in total. The first-order valence-corrected chi connectivity index (χ1v) is 12.5. The highest BCUT2D eigenvalue weighted by Crippen LogP contribution is 2.26. The molecule has 162 valence electrons. The molecular formula is C21H22N4O3S3. The van der Waals surface area contributed by atoms with Gasteiger partial charge in [0.2, 0.25) is 16.9 Å². The highest BCUT2D eigenvalue weighted by Gasteiger charge is 2.11. The van der Waals surface area contributed by atoms with Crippen molar-refractivity contribution < 1.29 is 14.3 Å². The van der Waals surface area contributed by atoms with Crippen LogP contribution in [0.5, 0.6) is 5.75 Å². The van der Waals surface area contributed by atoms with Gasteiger partial charge in [-0.1, -0.05) is 53.4 Å². The smallest absolute Gasteiger partial charge is 0.236 e. The normalized spacial score (nSPS) is 10.5. The van der Waals surface area contributed by atoms with Crippen molar-refractivity contribution in [3.8, 4) is 5.75 Å². The molecule has 10 heteroatoms. The molecule has 1 heterocycles. The Morgan fingerprint density at radius 2 is 1.71 bits per heavy atom. The number of carbonyl (C=O) groups excluding carboxylic acids is 2. The molecule has 0 radical (unpaired) electrons. The number of ether oxygens (including phenoxy) is 1. The number of anilines is 2. The number of rotatable bonds is 11. The molecule has 7 nitrogen and oxygen atoms in total. The SMILES string of the molecule is CCOc1ccc(NC(=O)CSc2nnc(NC(=O)CSCc3ccccc3)s2)cc1. The summed E-state index contributed by atoms with van der Waals surface area (Å²) in [4.78, 5) is 24.2. The van der Waals surface area contributed by atoms with Crippen LogP contribution in [0.25, 0.3) is 0 Å². The number of carbonyl (C=O) groups is 2. The molecule has 0 fully saturated rings. The van der Waals surface area contributed by atoms with Crippen molar-refractivity contribution in [1.29, 1.82) is 0 Å². The Balaban J connectivity index is 1.37. The first-order chi connectivity index (χ1) is 15.1. The molecular weight excluding hydrogens is 452 g/mol. The van der Waals surface area contributed by atoms with Crippen LogP contribution in [0.15, 0.2) is 58.9 Å². The van der Waals surface area contributed by atoms with E-state index in [2.05, 4.69) is 20.8 Å². The zero-order valence-corrected chi connectivity index (χ0v) is 19.3. The van der Waals surface area contributed by atoms with E-state index in [4.69, 9.17) is 4.74 Å². The zero-order chi connectivity index (χ0) is 21.9. The van der Waals surface area contributed by atoms with E-state index in [-0.39, 0.29) is 17.6 Å². The Labute approximate surface area is 193 Å². The van der Waals surface area contributed by atoms with Gasteiger partial charge in [0.15, 0.2) is 4.34 Å². The summed E-state index contributed by atoms with van der Waals surface area (Å²) in [5.41, 5.74) is 1.88. The van der Waals surface area contributed by atoms with E-state index in [1.165, 1.54) is 40.4 Å². The van der Waals surface area contributed by atoms with Crippen LogP contribution >= 0.6 is 34.9 Å². The molecule has 0 bridgehead atoms. The fraction of sp³-hybridized carbons (Fsp3) is 0.238. The topological polar surface area (TPSA) is 93.2 Å². The lowest BCUT2D eigenvalue weighted by atomic mass is 10.2. The maximum Gasteiger partial charge on any atom is 0.236 e. The Kier molecular flexibility index (Phi) is 9.19. The molecule has 0 aliphatic rings. The molecule has 31 heavy (non-hydrogen) atoms. The Hall–Kier alpha value is -2.56. The first kappa shape index (κ1) is 23.1.